The molecule has 41 heavy (non-hydrogen) atoms. The maximum absolute atomic E-state index is 11.1. The van der Waals surface area contributed by atoms with Crippen LogP contribution in [0.25, 0.3) is 43.6 Å². The summed E-state index contributed by atoms with van der Waals surface area (Å²) in [4.78, 5) is 60.6. The predicted octanol–water partition coefficient (Wildman–Crippen LogP) is -0.982. The monoisotopic (exact) mass is 724 g/mol. The molecule has 0 N–H and O–H groups in total. The predicted molar refractivity (Wildman–Crippen MR) is 131 cm³/mol. The molecule has 13 heteroatoms. The van der Waals surface area contributed by atoms with E-state index < -0.39 is 23.9 Å². The third-order valence-corrected chi connectivity index (χ3v) is 6.12. The molecule has 6 aromatic rings. The van der Waals surface area contributed by atoms with Gasteiger partial charge in [-0.25, -0.2) is 0 Å². The summed E-state index contributed by atoms with van der Waals surface area (Å²) in [5.74, 6) is -5.30. The van der Waals surface area contributed by atoms with Gasteiger partial charge in [0.1, 0.15) is 0 Å². The SMILES string of the molecule is O=C([O-])c1ccnc2c1ccc1c(C(=O)[O-])ccnc12.O=C([O-])c1ccnc2c1ccc1c(C(=O)[O-])ccnc12.[Os+4]. The molecule has 0 saturated heterocycles. The van der Waals surface area contributed by atoms with Crippen molar-refractivity contribution in [1.29, 1.82) is 0 Å². The van der Waals surface area contributed by atoms with E-state index >= 15 is 0 Å². The summed E-state index contributed by atoms with van der Waals surface area (Å²) in [5, 5.41) is 45.7. The quantitative estimate of drug-likeness (QED) is 0.201. The Balaban J connectivity index is 0.000000184. The van der Waals surface area contributed by atoms with Gasteiger partial charge in [-0.05, 0) is 24.3 Å². The standard InChI is InChI=1S/2C14H8N2O4.Os/c2*17-13(18)9-3-5-15-11-7(9)1-2-8-10(14(19)20)4-6-16-12(8)11;/h2*1-6H,(H,17,18)(H,19,20);/q;;+4/p-4. The van der Waals surface area contributed by atoms with Crippen LogP contribution in [-0.4, -0.2) is 43.8 Å². The molecule has 0 radical (unpaired) electrons. The molecule has 2 aromatic carbocycles. The third kappa shape index (κ3) is 5.14. The van der Waals surface area contributed by atoms with Gasteiger partial charge in [0, 0.05) is 68.6 Å². The van der Waals surface area contributed by atoms with Crippen LogP contribution in [0.15, 0.2) is 73.3 Å². The smallest absolute Gasteiger partial charge is 0.545 e. The Kier molecular flexibility index (Phi) is 7.93. The van der Waals surface area contributed by atoms with E-state index in [-0.39, 0.29) is 42.0 Å². The molecule has 200 valence electrons. The fraction of sp³-hybridized carbons (Fsp3) is 0. The summed E-state index contributed by atoms with van der Waals surface area (Å²) in [7, 11) is 0. The topological polar surface area (TPSA) is 212 Å². The second-order valence-corrected chi connectivity index (χ2v) is 8.30. The van der Waals surface area contributed by atoms with Gasteiger partial charge >= 0.3 is 19.8 Å². The van der Waals surface area contributed by atoms with Crippen molar-refractivity contribution in [2.75, 3.05) is 0 Å². The van der Waals surface area contributed by atoms with Crippen LogP contribution < -0.4 is 20.4 Å². The van der Waals surface area contributed by atoms with Crippen LogP contribution in [0.4, 0.5) is 0 Å². The zero-order valence-electron chi connectivity index (χ0n) is 20.3. The number of pyridine rings is 4. The first kappa shape index (κ1) is 28.6. The number of carbonyl (C=O) groups excluding carboxylic acids is 4. The van der Waals surface area contributed by atoms with E-state index in [4.69, 9.17) is 0 Å². The van der Waals surface area contributed by atoms with E-state index in [1.54, 1.807) is 0 Å². The van der Waals surface area contributed by atoms with Gasteiger partial charge in [0.05, 0.1) is 45.9 Å². The third-order valence-electron chi connectivity index (χ3n) is 6.12. The molecule has 12 nitrogen and oxygen atoms in total. The number of fused-ring (bicyclic) bond motifs is 6. The maximum Gasteiger partial charge on any atom is 4.00 e. The molecule has 4 aromatic heterocycles. The average molecular weight is 723 g/mol. The molecule has 0 spiro atoms. The van der Waals surface area contributed by atoms with E-state index in [0.29, 0.717) is 43.6 Å². The minimum absolute atomic E-state index is 0. The first-order valence-corrected chi connectivity index (χ1v) is 11.4. The van der Waals surface area contributed by atoms with E-state index in [2.05, 4.69) is 19.9 Å². The molecule has 6 rings (SSSR count). The second-order valence-electron chi connectivity index (χ2n) is 8.30. The van der Waals surface area contributed by atoms with Crippen molar-refractivity contribution in [3.8, 4) is 0 Å². The van der Waals surface area contributed by atoms with E-state index in [9.17, 15) is 39.6 Å². The summed E-state index contributed by atoms with van der Waals surface area (Å²) < 4.78 is 0. The minimum Gasteiger partial charge on any atom is -0.545 e. The molecule has 0 saturated carbocycles. The van der Waals surface area contributed by atoms with Crippen LogP contribution in [0.5, 0.6) is 0 Å². The van der Waals surface area contributed by atoms with Crippen molar-refractivity contribution in [1.82, 2.24) is 19.9 Å². The second kappa shape index (κ2) is 11.4. The summed E-state index contributed by atoms with van der Waals surface area (Å²) in [6.45, 7) is 0. The molecule has 0 aliphatic heterocycles. The summed E-state index contributed by atoms with van der Waals surface area (Å²) in [6, 6.07) is 11.3. The van der Waals surface area contributed by atoms with Gasteiger partial charge in [-0.3, -0.25) is 19.9 Å². The van der Waals surface area contributed by atoms with Crippen LogP contribution in [0.3, 0.4) is 0 Å². The van der Waals surface area contributed by atoms with Crippen molar-refractivity contribution >= 4 is 67.5 Å². The number of hydrogen-bond donors (Lipinski definition) is 0. The fourth-order valence-electron chi connectivity index (χ4n) is 4.37. The number of aromatic nitrogens is 4. The van der Waals surface area contributed by atoms with Gasteiger partial charge in [0.2, 0.25) is 0 Å². The van der Waals surface area contributed by atoms with Gasteiger partial charge < -0.3 is 39.6 Å². The largest absolute Gasteiger partial charge is 4.00 e. The Labute approximate surface area is 242 Å². The zero-order chi connectivity index (χ0) is 28.6. The van der Waals surface area contributed by atoms with Gasteiger partial charge in [-0.2, -0.15) is 0 Å². The molecule has 0 bridgehead atoms. The number of carboxylic acid groups (broad SMARTS) is 4. The molecule has 4 heterocycles. The number of carbonyl (C=O) groups is 4. The normalized spacial score (nSPS) is 10.5. The molecule has 0 amide bonds. The average Bonchev–Trinajstić information content (AvgIpc) is 2.95. The molecule has 0 fully saturated rings. The fourth-order valence-corrected chi connectivity index (χ4v) is 4.37. The number of hydrogen-bond acceptors (Lipinski definition) is 12. The molecule has 0 unspecified atom stereocenters. The number of aromatic carboxylic acids is 4. The van der Waals surface area contributed by atoms with E-state index in [1.165, 1.54) is 73.3 Å². The molecular formula is C28H12N4O8Os. The van der Waals surface area contributed by atoms with Crippen molar-refractivity contribution in [2.45, 2.75) is 0 Å². The van der Waals surface area contributed by atoms with Crippen molar-refractivity contribution in [3.05, 3.63) is 95.6 Å². The molecule has 0 atom stereocenters. The number of nitrogens with zero attached hydrogens (tertiary/aromatic N) is 4. The zero-order valence-corrected chi connectivity index (χ0v) is 22.9. The summed E-state index contributed by atoms with van der Waals surface area (Å²) in [5.41, 5.74) is 1.18. The summed E-state index contributed by atoms with van der Waals surface area (Å²) in [6.07, 6.45) is 5.28. The Morgan fingerprint density at radius 3 is 0.756 bits per heavy atom. The van der Waals surface area contributed by atoms with E-state index in [0.717, 1.165) is 0 Å². The Hall–Kier alpha value is -5.40. The van der Waals surface area contributed by atoms with E-state index in [1.807, 2.05) is 0 Å². The van der Waals surface area contributed by atoms with Crippen molar-refractivity contribution < 1.29 is 59.4 Å². The first-order chi connectivity index (χ1) is 19.2. The number of benzene rings is 2. The Bertz CT molecular complexity index is 1760. The van der Waals surface area contributed by atoms with Gasteiger partial charge in [0.25, 0.3) is 0 Å². The van der Waals surface area contributed by atoms with Gasteiger partial charge in [0.15, 0.2) is 0 Å². The van der Waals surface area contributed by atoms with Crippen LogP contribution >= 0.6 is 0 Å². The van der Waals surface area contributed by atoms with Crippen LogP contribution in [0.2, 0.25) is 0 Å². The van der Waals surface area contributed by atoms with Gasteiger partial charge in [-0.15, -0.1) is 0 Å². The molecule has 0 aliphatic rings. The summed E-state index contributed by atoms with van der Waals surface area (Å²) >= 11 is 0. The van der Waals surface area contributed by atoms with Crippen LogP contribution in [0.1, 0.15) is 41.4 Å². The van der Waals surface area contributed by atoms with Crippen molar-refractivity contribution in [2.24, 2.45) is 0 Å². The van der Waals surface area contributed by atoms with Crippen LogP contribution in [-0.2, 0) is 19.8 Å². The van der Waals surface area contributed by atoms with Crippen molar-refractivity contribution in [3.63, 3.8) is 0 Å². The Morgan fingerprint density at radius 1 is 0.390 bits per heavy atom. The number of rotatable bonds is 4. The molecular weight excluding hydrogens is 711 g/mol. The first-order valence-electron chi connectivity index (χ1n) is 11.4. The molecule has 0 aliphatic carbocycles. The van der Waals surface area contributed by atoms with Gasteiger partial charge in [-0.1, -0.05) is 24.3 Å². The minimum atomic E-state index is -1.33. The number of carboxylic acids is 4. The maximum atomic E-state index is 11.1. The Morgan fingerprint density at radius 2 is 0.585 bits per heavy atom. The van der Waals surface area contributed by atoms with Crippen LogP contribution in [0, 0.1) is 0 Å².